The molecule has 0 aliphatic rings. The first-order valence-corrected chi connectivity index (χ1v) is 7.95. The summed E-state index contributed by atoms with van der Waals surface area (Å²) in [6.07, 6.45) is 2.19. The Hall–Kier alpha value is -1.35. The van der Waals surface area contributed by atoms with E-state index in [9.17, 15) is 9.90 Å². The van der Waals surface area contributed by atoms with Crippen LogP contribution in [0.4, 0.5) is 0 Å². The molecule has 0 fully saturated rings. The monoisotopic (exact) mass is 291 g/mol. The van der Waals surface area contributed by atoms with Crippen molar-refractivity contribution in [3.8, 4) is 5.75 Å². The van der Waals surface area contributed by atoms with E-state index in [2.05, 4.69) is 32.6 Å². The Morgan fingerprint density at radius 1 is 1.24 bits per heavy atom. The summed E-state index contributed by atoms with van der Waals surface area (Å²) in [6.45, 7) is 12.1. The first kappa shape index (κ1) is 17.7. The van der Waals surface area contributed by atoms with Gasteiger partial charge in [-0.2, -0.15) is 0 Å². The number of ketones is 1. The number of benzene rings is 1. The van der Waals surface area contributed by atoms with E-state index < -0.39 is 0 Å². The second kappa shape index (κ2) is 8.18. The zero-order chi connectivity index (χ0) is 16.0. The highest BCUT2D eigenvalue weighted by molar-refractivity contribution is 5.94. The molecule has 0 heterocycles. The lowest BCUT2D eigenvalue weighted by Gasteiger charge is -2.32. The molecule has 0 atom stereocenters. The number of phenols is 1. The van der Waals surface area contributed by atoms with Crippen LogP contribution in [0.1, 0.15) is 63.4 Å². The molecule has 0 aliphatic heterocycles. The Labute approximate surface area is 129 Å². The summed E-state index contributed by atoms with van der Waals surface area (Å²) in [5.74, 6) is 0.887. The molecule has 0 saturated heterocycles. The Morgan fingerprint density at radius 2 is 1.86 bits per heavy atom. The molecule has 0 aliphatic carbocycles. The highest BCUT2D eigenvalue weighted by atomic mass is 16.3. The summed E-state index contributed by atoms with van der Waals surface area (Å²) < 4.78 is 0. The van der Waals surface area contributed by atoms with Crippen LogP contribution in [-0.2, 0) is 6.54 Å². The van der Waals surface area contributed by atoms with Gasteiger partial charge in [-0.25, -0.2) is 0 Å². The van der Waals surface area contributed by atoms with Gasteiger partial charge in [0.05, 0.1) is 0 Å². The highest BCUT2D eigenvalue weighted by Gasteiger charge is 2.18. The molecule has 3 nitrogen and oxygen atoms in total. The Balaban J connectivity index is 3.01. The molecule has 3 heteroatoms. The van der Waals surface area contributed by atoms with E-state index in [-0.39, 0.29) is 11.5 Å². The van der Waals surface area contributed by atoms with Crippen molar-refractivity contribution in [2.24, 2.45) is 5.92 Å². The quantitative estimate of drug-likeness (QED) is 0.728. The number of phenolic OH excluding ortho intramolecular Hbond substituents is 1. The van der Waals surface area contributed by atoms with Crippen molar-refractivity contribution in [3.05, 3.63) is 29.3 Å². The van der Waals surface area contributed by atoms with Crippen LogP contribution < -0.4 is 0 Å². The fraction of sp³-hybridized carbons (Fsp3) is 0.611. The Morgan fingerprint density at radius 3 is 2.33 bits per heavy atom. The maximum Gasteiger partial charge on any atom is 0.159 e. The number of hydrogen-bond donors (Lipinski definition) is 1. The number of rotatable bonds is 8. The third-order valence-corrected chi connectivity index (χ3v) is 3.92. The molecule has 0 radical (unpaired) electrons. The first-order valence-electron chi connectivity index (χ1n) is 7.95. The van der Waals surface area contributed by atoms with Crippen LogP contribution in [-0.4, -0.2) is 28.4 Å². The first-order chi connectivity index (χ1) is 9.88. The zero-order valence-corrected chi connectivity index (χ0v) is 14.0. The number of carbonyl (C=O) groups is 1. The van der Waals surface area contributed by atoms with Gasteiger partial charge in [0.25, 0.3) is 0 Å². The summed E-state index contributed by atoms with van der Waals surface area (Å²) in [7, 11) is 0. The van der Waals surface area contributed by atoms with Crippen molar-refractivity contribution in [1.82, 2.24) is 4.90 Å². The molecule has 1 aromatic carbocycles. The fourth-order valence-corrected chi connectivity index (χ4v) is 2.77. The molecule has 0 spiro atoms. The maximum absolute atomic E-state index is 11.5. The average molecular weight is 291 g/mol. The van der Waals surface area contributed by atoms with Gasteiger partial charge in [0, 0.05) is 30.3 Å². The summed E-state index contributed by atoms with van der Waals surface area (Å²) in [6, 6.07) is 5.65. The summed E-state index contributed by atoms with van der Waals surface area (Å²) in [5.41, 5.74) is 1.51. The van der Waals surface area contributed by atoms with E-state index in [1.807, 2.05) is 6.07 Å². The SMILES string of the molecule is CCC(CC)N(Cc1cc(C(C)=O)ccc1O)CC(C)C. The minimum atomic E-state index is 0.0363. The van der Waals surface area contributed by atoms with Crippen molar-refractivity contribution in [2.45, 2.75) is 60.0 Å². The molecular formula is C18H29NO2. The summed E-state index contributed by atoms with van der Waals surface area (Å²) in [4.78, 5) is 13.9. The number of aromatic hydroxyl groups is 1. The lowest BCUT2D eigenvalue weighted by molar-refractivity contribution is 0.101. The molecule has 1 aromatic rings. The van der Waals surface area contributed by atoms with E-state index >= 15 is 0 Å². The van der Waals surface area contributed by atoms with Crippen LogP contribution in [0.2, 0.25) is 0 Å². The predicted octanol–water partition coefficient (Wildman–Crippen LogP) is 4.24. The molecule has 0 saturated carbocycles. The predicted molar refractivity (Wildman–Crippen MR) is 87.7 cm³/mol. The molecule has 1 N–H and O–H groups in total. The highest BCUT2D eigenvalue weighted by Crippen LogP contribution is 2.23. The second-order valence-electron chi connectivity index (χ2n) is 6.19. The normalized spacial score (nSPS) is 11.6. The standard InChI is InChI=1S/C18H29NO2/c1-6-17(7-2)19(11-13(3)4)12-16-10-15(14(5)20)8-9-18(16)21/h8-10,13,17,21H,6-7,11-12H2,1-5H3. The van der Waals surface area contributed by atoms with Crippen LogP contribution in [0.25, 0.3) is 0 Å². The van der Waals surface area contributed by atoms with Crippen molar-refractivity contribution in [2.75, 3.05) is 6.54 Å². The van der Waals surface area contributed by atoms with E-state index in [4.69, 9.17) is 0 Å². The van der Waals surface area contributed by atoms with Gasteiger partial charge >= 0.3 is 0 Å². The Kier molecular flexibility index (Phi) is 6.90. The smallest absolute Gasteiger partial charge is 0.159 e. The van der Waals surface area contributed by atoms with Gasteiger partial charge < -0.3 is 5.11 Å². The van der Waals surface area contributed by atoms with Crippen LogP contribution >= 0.6 is 0 Å². The molecule has 1 rings (SSSR count). The van der Waals surface area contributed by atoms with Gasteiger partial charge in [-0.15, -0.1) is 0 Å². The Bertz CT molecular complexity index is 464. The van der Waals surface area contributed by atoms with Gasteiger partial charge in [0.1, 0.15) is 5.75 Å². The largest absolute Gasteiger partial charge is 0.508 e. The van der Waals surface area contributed by atoms with Gasteiger partial charge in [0.2, 0.25) is 0 Å². The van der Waals surface area contributed by atoms with Crippen molar-refractivity contribution in [1.29, 1.82) is 0 Å². The van der Waals surface area contributed by atoms with Crippen LogP contribution in [0, 0.1) is 5.92 Å². The van der Waals surface area contributed by atoms with Crippen LogP contribution in [0.15, 0.2) is 18.2 Å². The van der Waals surface area contributed by atoms with Gasteiger partial charge in [-0.1, -0.05) is 27.7 Å². The van der Waals surface area contributed by atoms with Crippen LogP contribution in [0.3, 0.4) is 0 Å². The van der Waals surface area contributed by atoms with Crippen molar-refractivity contribution < 1.29 is 9.90 Å². The number of Topliss-reactive ketones (excluding diaryl/α,β-unsaturated/α-hetero) is 1. The lowest BCUT2D eigenvalue weighted by atomic mass is 10.0. The molecular weight excluding hydrogens is 262 g/mol. The minimum Gasteiger partial charge on any atom is -0.508 e. The lowest BCUT2D eigenvalue weighted by Crippen LogP contribution is -2.36. The van der Waals surface area contributed by atoms with E-state index in [0.29, 0.717) is 24.1 Å². The maximum atomic E-state index is 11.5. The molecule has 0 aromatic heterocycles. The van der Waals surface area contributed by atoms with E-state index in [1.54, 1.807) is 19.1 Å². The molecule has 0 bridgehead atoms. The molecule has 0 amide bonds. The van der Waals surface area contributed by atoms with Crippen molar-refractivity contribution in [3.63, 3.8) is 0 Å². The summed E-state index contributed by atoms with van der Waals surface area (Å²) >= 11 is 0. The second-order valence-corrected chi connectivity index (χ2v) is 6.19. The third-order valence-electron chi connectivity index (χ3n) is 3.92. The molecule has 118 valence electrons. The minimum absolute atomic E-state index is 0.0363. The fourth-order valence-electron chi connectivity index (χ4n) is 2.77. The number of hydrogen-bond acceptors (Lipinski definition) is 3. The zero-order valence-electron chi connectivity index (χ0n) is 14.0. The van der Waals surface area contributed by atoms with Gasteiger partial charge in [-0.05, 0) is 43.9 Å². The topological polar surface area (TPSA) is 40.5 Å². The van der Waals surface area contributed by atoms with Crippen molar-refractivity contribution >= 4 is 5.78 Å². The molecule has 0 unspecified atom stereocenters. The summed E-state index contributed by atoms with van der Waals surface area (Å²) in [5, 5.41) is 10.1. The average Bonchev–Trinajstić information content (AvgIpc) is 2.41. The van der Waals surface area contributed by atoms with Gasteiger partial charge in [0.15, 0.2) is 5.78 Å². The van der Waals surface area contributed by atoms with Crippen LogP contribution in [0.5, 0.6) is 5.75 Å². The molecule has 21 heavy (non-hydrogen) atoms. The third kappa shape index (κ3) is 5.16. The number of nitrogens with zero attached hydrogens (tertiary/aromatic N) is 1. The van der Waals surface area contributed by atoms with E-state index in [0.717, 1.165) is 24.9 Å². The number of carbonyl (C=O) groups excluding carboxylic acids is 1. The van der Waals surface area contributed by atoms with Gasteiger partial charge in [-0.3, -0.25) is 9.69 Å². The van der Waals surface area contributed by atoms with E-state index in [1.165, 1.54) is 0 Å².